The second kappa shape index (κ2) is 5.97. The highest BCUT2D eigenvalue weighted by atomic mass is 16.2. The normalized spacial score (nSPS) is 18.4. The molecule has 0 aromatic heterocycles. The van der Waals surface area contributed by atoms with Gasteiger partial charge in [0.15, 0.2) is 0 Å². The van der Waals surface area contributed by atoms with Crippen LogP contribution in [0.2, 0.25) is 0 Å². The molecule has 13 heavy (non-hydrogen) atoms. The molecule has 0 saturated carbocycles. The Morgan fingerprint density at radius 2 is 2.23 bits per heavy atom. The van der Waals surface area contributed by atoms with E-state index in [2.05, 4.69) is 12.2 Å². The van der Waals surface area contributed by atoms with Crippen LogP contribution < -0.4 is 5.32 Å². The van der Waals surface area contributed by atoms with E-state index < -0.39 is 0 Å². The van der Waals surface area contributed by atoms with Crippen molar-refractivity contribution in [2.24, 2.45) is 0 Å². The molecule has 1 amide bonds. The highest BCUT2D eigenvalue weighted by Gasteiger charge is 2.13. The van der Waals surface area contributed by atoms with Crippen LogP contribution in [0.25, 0.3) is 0 Å². The summed E-state index contributed by atoms with van der Waals surface area (Å²) in [7, 11) is 0. The zero-order valence-corrected chi connectivity index (χ0v) is 8.51. The van der Waals surface area contributed by atoms with Gasteiger partial charge in [-0.15, -0.1) is 0 Å². The minimum absolute atomic E-state index is 0.338. The van der Waals surface area contributed by atoms with Crippen LogP contribution in [0, 0.1) is 0 Å². The van der Waals surface area contributed by atoms with Gasteiger partial charge in [-0.3, -0.25) is 4.79 Å². The standard InChI is InChI=1S/C10H20N2O/c1-2-3-5-10(13)12-8-4-6-11-7-9-12/h11H,2-9H2,1H3. The summed E-state index contributed by atoms with van der Waals surface area (Å²) in [6.07, 6.45) is 3.97. The third-order valence-corrected chi connectivity index (χ3v) is 2.44. The Bertz CT molecular complexity index is 151. The predicted octanol–water partition coefficient (Wildman–Crippen LogP) is 0.998. The fourth-order valence-corrected chi connectivity index (χ4v) is 1.58. The van der Waals surface area contributed by atoms with E-state index in [4.69, 9.17) is 0 Å². The Hall–Kier alpha value is -0.570. The lowest BCUT2D eigenvalue weighted by molar-refractivity contribution is -0.131. The van der Waals surface area contributed by atoms with Crippen molar-refractivity contribution < 1.29 is 4.79 Å². The lowest BCUT2D eigenvalue weighted by Gasteiger charge is -2.19. The zero-order valence-electron chi connectivity index (χ0n) is 8.51. The number of rotatable bonds is 3. The molecule has 0 radical (unpaired) electrons. The Morgan fingerprint density at radius 3 is 3.00 bits per heavy atom. The average Bonchev–Trinajstić information content (AvgIpc) is 2.42. The van der Waals surface area contributed by atoms with E-state index in [1.807, 2.05) is 4.90 Å². The third-order valence-electron chi connectivity index (χ3n) is 2.44. The SMILES string of the molecule is CCCCC(=O)N1CCCNCC1. The van der Waals surface area contributed by atoms with E-state index in [0.717, 1.165) is 51.9 Å². The van der Waals surface area contributed by atoms with Gasteiger partial charge in [-0.1, -0.05) is 13.3 Å². The zero-order chi connectivity index (χ0) is 9.52. The summed E-state index contributed by atoms with van der Waals surface area (Å²) in [5, 5.41) is 3.29. The molecule has 0 atom stereocenters. The van der Waals surface area contributed by atoms with E-state index >= 15 is 0 Å². The Kier molecular flexibility index (Phi) is 4.83. The Morgan fingerprint density at radius 1 is 1.38 bits per heavy atom. The molecule has 0 unspecified atom stereocenters. The molecule has 0 aliphatic carbocycles. The molecule has 0 aromatic carbocycles. The maximum Gasteiger partial charge on any atom is 0.222 e. The van der Waals surface area contributed by atoms with Gasteiger partial charge in [0, 0.05) is 26.1 Å². The Labute approximate surface area is 80.5 Å². The summed E-state index contributed by atoms with van der Waals surface area (Å²) >= 11 is 0. The summed E-state index contributed by atoms with van der Waals surface area (Å²) in [5.74, 6) is 0.338. The largest absolute Gasteiger partial charge is 0.341 e. The minimum Gasteiger partial charge on any atom is -0.341 e. The topological polar surface area (TPSA) is 32.3 Å². The predicted molar refractivity (Wildman–Crippen MR) is 53.6 cm³/mol. The second-order valence-electron chi connectivity index (χ2n) is 3.59. The van der Waals surface area contributed by atoms with Gasteiger partial charge >= 0.3 is 0 Å². The molecule has 0 spiro atoms. The molecule has 0 aromatic rings. The van der Waals surface area contributed by atoms with Crippen molar-refractivity contribution in [3.05, 3.63) is 0 Å². The maximum absolute atomic E-state index is 11.6. The van der Waals surface area contributed by atoms with Crippen molar-refractivity contribution in [2.45, 2.75) is 32.6 Å². The Balaban J connectivity index is 2.26. The molecule has 3 heteroatoms. The van der Waals surface area contributed by atoms with Crippen LogP contribution in [0.1, 0.15) is 32.6 Å². The number of amides is 1. The van der Waals surface area contributed by atoms with Gasteiger partial charge in [0.2, 0.25) is 5.91 Å². The number of nitrogens with zero attached hydrogens (tertiary/aromatic N) is 1. The fraction of sp³-hybridized carbons (Fsp3) is 0.900. The van der Waals surface area contributed by atoms with E-state index in [1.165, 1.54) is 0 Å². The van der Waals surface area contributed by atoms with Crippen molar-refractivity contribution in [2.75, 3.05) is 26.2 Å². The molecular formula is C10H20N2O. The van der Waals surface area contributed by atoms with Gasteiger partial charge in [-0.05, 0) is 19.4 Å². The number of nitrogens with one attached hydrogen (secondary N) is 1. The van der Waals surface area contributed by atoms with Crippen LogP contribution in [-0.2, 0) is 4.79 Å². The van der Waals surface area contributed by atoms with Gasteiger partial charge in [-0.2, -0.15) is 0 Å². The summed E-state index contributed by atoms with van der Waals surface area (Å²) in [5.41, 5.74) is 0. The quantitative estimate of drug-likeness (QED) is 0.709. The number of unbranched alkanes of at least 4 members (excludes halogenated alkanes) is 1. The maximum atomic E-state index is 11.6. The molecule has 1 heterocycles. The van der Waals surface area contributed by atoms with Crippen LogP contribution in [0.5, 0.6) is 0 Å². The van der Waals surface area contributed by atoms with Crippen LogP contribution in [0.15, 0.2) is 0 Å². The van der Waals surface area contributed by atoms with Gasteiger partial charge in [0.05, 0.1) is 0 Å². The first-order valence-electron chi connectivity index (χ1n) is 5.33. The number of hydrogen-bond donors (Lipinski definition) is 1. The fourth-order valence-electron chi connectivity index (χ4n) is 1.58. The number of carbonyl (C=O) groups excluding carboxylic acids is 1. The van der Waals surface area contributed by atoms with Crippen LogP contribution in [-0.4, -0.2) is 37.0 Å². The molecule has 1 aliphatic heterocycles. The minimum atomic E-state index is 0.338. The molecule has 1 N–H and O–H groups in total. The number of hydrogen-bond acceptors (Lipinski definition) is 2. The molecular weight excluding hydrogens is 164 g/mol. The lowest BCUT2D eigenvalue weighted by atomic mass is 10.2. The average molecular weight is 184 g/mol. The highest BCUT2D eigenvalue weighted by molar-refractivity contribution is 5.76. The monoisotopic (exact) mass is 184 g/mol. The first kappa shape index (κ1) is 10.5. The first-order valence-corrected chi connectivity index (χ1v) is 5.33. The van der Waals surface area contributed by atoms with Gasteiger partial charge in [0.1, 0.15) is 0 Å². The number of carbonyl (C=O) groups is 1. The van der Waals surface area contributed by atoms with Crippen molar-refractivity contribution in [3.63, 3.8) is 0 Å². The second-order valence-corrected chi connectivity index (χ2v) is 3.59. The third kappa shape index (κ3) is 3.77. The van der Waals surface area contributed by atoms with E-state index in [-0.39, 0.29) is 0 Å². The van der Waals surface area contributed by atoms with Gasteiger partial charge in [0.25, 0.3) is 0 Å². The smallest absolute Gasteiger partial charge is 0.222 e. The first-order chi connectivity index (χ1) is 6.34. The molecule has 76 valence electrons. The van der Waals surface area contributed by atoms with E-state index in [9.17, 15) is 4.79 Å². The van der Waals surface area contributed by atoms with Crippen molar-refractivity contribution >= 4 is 5.91 Å². The van der Waals surface area contributed by atoms with Gasteiger partial charge in [-0.25, -0.2) is 0 Å². The molecule has 0 bridgehead atoms. The van der Waals surface area contributed by atoms with E-state index in [0.29, 0.717) is 5.91 Å². The van der Waals surface area contributed by atoms with E-state index in [1.54, 1.807) is 0 Å². The molecule has 1 aliphatic rings. The van der Waals surface area contributed by atoms with Crippen LogP contribution >= 0.6 is 0 Å². The lowest BCUT2D eigenvalue weighted by Crippen LogP contribution is -2.33. The van der Waals surface area contributed by atoms with Crippen LogP contribution in [0.4, 0.5) is 0 Å². The molecule has 1 fully saturated rings. The van der Waals surface area contributed by atoms with Gasteiger partial charge < -0.3 is 10.2 Å². The summed E-state index contributed by atoms with van der Waals surface area (Å²) in [4.78, 5) is 13.6. The molecule has 1 saturated heterocycles. The van der Waals surface area contributed by atoms with Crippen LogP contribution in [0.3, 0.4) is 0 Å². The van der Waals surface area contributed by atoms with Crippen molar-refractivity contribution in [1.29, 1.82) is 0 Å². The molecule has 3 nitrogen and oxygen atoms in total. The van der Waals surface area contributed by atoms with Crippen molar-refractivity contribution in [3.8, 4) is 0 Å². The van der Waals surface area contributed by atoms with Crippen molar-refractivity contribution in [1.82, 2.24) is 10.2 Å². The summed E-state index contributed by atoms with van der Waals surface area (Å²) in [6, 6.07) is 0. The highest BCUT2D eigenvalue weighted by Crippen LogP contribution is 2.02. The summed E-state index contributed by atoms with van der Waals surface area (Å²) in [6.45, 7) is 5.96. The summed E-state index contributed by atoms with van der Waals surface area (Å²) < 4.78 is 0. The molecule has 1 rings (SSSR count).